The number of ether oxygens (including phenoxy) is 1. The largest absolute Gasteiger partial charge is 0.462 e. The Morgan fingerprint density at radius 1 is 1.19 bits per heavy atom. The average molecular weight is 333 g/mol. The van der Waals surface area contributed by atoms with Crippen LogP contribution in [0.4, 0.5) is 0 Å². The first kappa shape index (κ1) is 18.0. The zero-order chi connectivity index (χ0) is 15.9. The Labute approximate surface area is 130 Å². The van der Waals surface area contributed by atoms with Crippen LogP contribution in [0.3, 0.4) is 0 Å². The predicted molar refractivity (Wildman–Crippen MR) is 83.3 cm³/mol. The zero-order valence-electron chi connectivity index (χ0n) is 12.4. The molecule has 0 aliphatic heterocycles. The molecule has 0 fully saturated rings. The van der Waals surface area contributed by atoms with Gasteiger partial charge in [0, 0.05) is 10.7 Å². The first-order valence-electron chi connectivity index (χ1n) is 7.08. The molecule has 118 valence electrons. The van der Waals surface area contributed by atoms with E-state index in [0.29, 0.717) is 12.2 Å². The van der Waals surface area contributed by atoms with Gasteiger partial charge in [-0.25, -0.2) is 13.2 Å². The molecular weight excluding hydrogens is 312 g/mol. The molecule has 0 amide bonds. The van der Waals surface area contributed by atoms with Crippen LogP contribution in [-0.4, -0.2) is 21.0 Å². The lowest BCUT2D eigenvalue weighted by molar-refractivity contribution is 0.0497. The average Bonchev–Trinajstić information content (AvgIpc) is 2.41. The number of carbonyl (C=O) groups excluding carboxylic acids is 1. The van der Waals surface area contributed by atoms with Crippen molar-refractivity contribution in [2.24, 2.45) is 0 Å². The lowest BCUT2D eigenvalue weighted by Crippen LogP contribution is -2.08. The van der Waals surface area contributed by atoms with Crippen LogP contribution in [-0.2, 0) is 13.8 Å². The SMILES string of the molecule is CCCCCCCOC(=O)c1ccc(C)c(S(=O)(=O)Cl)c1. The molecule has 0 N–H and O–H groups in total. The molecule has 0 aromatic heterocycles. The molecule has 6 heteroatoms. The van der Waals surface area contributed by atoms with Crippen LogP contribution >= 0.6 is 10.7 Å². The fraction of sp³-hybridized carbons (Fsp3) is 0.533. The molecule has 1 aromatic rings. The van der Waals surface area contributed by atoms with E-state index in [1.165, 1.54) is 18.9 Å². The lowest BCUT2D eigenvalue weighted by Gasteiger charge is -2.07. The van der Waals surface area contributed by atoms with E-state index < -0.39 is 15.0 Å². The number of unbranched alkanes of at least 4 members (excludes halogenated alkanes) is 4. The van der Waals surface area contributed by atoms with Crippen molar-refractivity contribution in [3.63, 3.8) is 0 Å². The van der Waals surface area contributed by atoms with Gasteiger partial charge in [0.05, 0.1) is 17.1 Å². The third kappa shape index (κ3) is 6.06. The maximum absolute atomic E-state index is 11.9. The minimum absolute atomic E-state index is 0.0541. The van der Waals surface area contributed by atoms with E-state index in [1.807, 2.05) is 0 Å². The highest BCUT2D eigenvalue weighted by Gasteiger charge is 2.17. The van der Waals surface area contributed by atoms with Gasteiger partial charge in [0.15, 0.2) is 0 Å². The van der Waals surface area contributed by atoms with Gasteiger partial charge in [-0.05, 0) is 31.0 Å². The van der Waals surface area contributed by atoms with Gasteiger partial charge in [0.25, 0.3) is 9.05 Å². The van der Waals surface area contributed by atoms with Gasteiger partial charge >= 0.3 is 5.97 Å². The van der Waals surface area contributed by atoms with Crippen LogP contribution in [0.25, 0.3) is 0 Å². The Morgan fingerprint density at radius 3 is 2.48 bits per heavy atom. The van der Waals surface area contributed by atoms with Crippen LogP contribution < -0.4 is 0 Å². The molecule has 0 spiro atoms. The number of benzene rings is 1. The first-order chi connectivity index (χ1) is 9.86. The predicted octanol–water partition coefficient (Wildman–Crippen LogP) is 4.05. The summed E-state index contributed by atoms with van der Waals surface area (Å²) in [6, 6.07) is 4.35. The topological polar surface area (TPSA) is 60.4 Å². The van der Waals surface area contributed by atoms with Crippen molar-refractivity contribution in [3.8, 4) is 0 Å². The van der Waals surface area contributed by atoms with Gasteiger partial charge in [0.2, 0.25) is 0 Å². The highest BCUT2D eigenvalue weighted by Crippen LogP contribution is 2.21. The van der Waals surface area contributed by atoms with E-state index in [0.717, 1.165) is 19.3 Å². The molecule has 0 unspecified atom stereocenters. The fourth-order valence-electron chi connectivity index (χ4n) is 1.94. The van der Waals surface area contributed by atoms with E-state index >= 15 is 0 Å². The van der Waals surface area contributed by atoms with E-state index in [2.05, 4.69) is 6.92 Å². The van der Waals surface area contributed by atoms with Gasteiger partial charge in [-0.15, -0.1) is 0 Å². The van der Waals surface area contributed by atoms with Crippen molar-refractivity contribution in [1.82, 2.24) is 0 Å². The number of halogens is 1. The zero-order valence-corrected chi connectivity index (χ0v) is 14.0. The summed E-state index contributed by atoms with van der Waals surface area (Å²) in [4.78, 5) is 11.8. The van der Waals surface area contributed by atoms with Crippen molar-refractivity contribution >= 4 is 25.7 Å². The second kappa shape index (κ2) is 8.39. The van der Waals surface area contributed by atoms with Gasteiger partial charge in [-0.3, -0.25) is 0 Å². The Balaban J connectivity index is 2.59. The number of hydrogen-bond donors (Lipinski definition) is 0. The second-order valence-corrected chi connectivity index (χ2v) is 7.50. The number of esters is 1. The molecule has 1 aromatic carbocycles. The molecule has 21 heavy (non-hydrogen) atoms. The van der Waals surface area contributed by atoms with Crippen molar-refractivity contribution in [3.05, 3.63) is 29.3 Å². The van der Waals surface area contributed by atoms with Crippen molar-refractivity contribution in [2.45, 2.75) is 50.8 Å². The quantitative estimate of drug-likeness (QED) is 0.409. The molecule has 0 heterocycles. The summed E-state index contributed by atoms with van der Waals surface area (Å²) in [5.41, 5.74) is 0.703. The molecular formula is C15H21ClO4S. The first-order valence-corrected chi connectivity index (χ1v) is 9.39. The van der Waals surface area contributed by atoms with E-state index in [1.54, 1.807) is 19.1 Å². The monoisotopic (exact) mass is 332 g/mol. The molecule has 0 aliphatic rings. The number of hydrogen-bond acceptors (Lipinski definition) is 4. The van der Waals surface area contributed by atoms with Gasteiger partial charge < -0.3 is 4.74 Å². The minimum Gasteiger partial charge on any atom is -0.462 e. The normalized spacial score (nSPS) is 11.4. The summed E-state index contributed by atoms with van der Waals surface area (Å²) in [5.74, 6) is -0.521. The maximum Gasteiger partial charge on any atom is 0.338 e. The fourth-order valence-corrected chi connectivity index (χ4v) is 3.16. The van der Waals surface area contributed by atoms with Gasteiger partial charge in [-0.2, -0.15) is 0 Å². The number of rotatable bonds is 8. The maximum atomic E-state index is 11.9. The van der Waals surface area contributed by atoms with Gasteiger partial charge in [0.1, 0.15) is 0 Å². The summed E-state index contributed by atoms with van der Waals surface area (Å²) < 4.78 is 27.9. The van der Waals surface area contributed by atoms with Crippen molar-refractivity contribution in [2.75, 3.05) is 6.61 Å². The van der Waals surface area contributed by atoms with E-state index in [4.69, 9.17) is 15.4 Å². The molecule has 0 saturated heterocycles. The Kier molecular flexibility index (Phi) is 7.18. The second-order valence-electron chi connectivity index (χ2n) is 4.97. The summed E-state index contributed by atoms with van der Waals surface area (Å²) in [6.07, 6.45) is 5.32. The van der Waals surface area contributed by atoms with E-state index in [9.17, 15) is 13.2 Å². The Bertz CT molecular complexity index is 581. The molecule has 0 radical (unpaired) electrons. The molecule has 0 saturated carbocycles. The van der Waals surface area contributed by atoms with Crippen LogP contribution in [0.1, 0.15) is 54.9 Å². The summed E-state index contributed by atoms with van der Waals surface area (Å²) in [6.45, 7) is 4.11. The molecule has 4 nitrogen and oxygen atoms in total. The van der Waals surface area contributed by atoms with Crippen LogP contribution in [0.2, 0.25) is 0 Å². The third-order valence-corrected chi connectivity index (χ3v) is 4.63. The highest BCUT2D eigenvalue weighted by molar-refractivity contribution is 8.13. The van der Waals surface area contributed by atoms with Crippen molar-refractivity contribution < 1.29 is 17.9 Å². The standard InChI is InChI=1S/C15H21ClO4S/c1-3-4-5-6-7-10-20-15(17)13-9-8-12(2)14(11-13)21(16,18)19/h8-9,11H,3-7,10H2,1-2H3. The van der Waals surface area contributed by atoms with E-state index in [-0.39, 0.29) is 10.5 Å². The summed E-state index contributed by atoms with van der Waals surface area (Å²) >= 11 is 0. The minimum atomic E-state index is -3.86. The molecule has 0 atom stereocenters. The molecule has 1 rings (SSSR count). The molecule has 0 aliphatic carbocycles. The van der Waals surface area contributed by atoms with Crippen LogP contribution in [0, 0.1) is 6.92 Å². The van der Waals surface area contributed by atoms with Crippen LogP contribution in [0.15, 0.2) is 23.1 Å². The smallest absolute Gasteiger partial charge is 0.338 e. The third-order valence-electron chi connectivity index (χ3n) is 3.17. The van der Waals surface area contributed by atoms with Gasteiger partial charge in [-0.1, -0.05) is 38.7 Å². The number of aryl methyl sites for hydroxylation is 1. The lowest BCUT2D eigenvalue weighted by atomic mass is 10.1. The molecule has 0 bridgehead atoms. The van der Waals surface area contributed by atoms with Crippen molar-refractivity contribution in [1.29, 1.82) is 0 Å². The Morgan fingerprint density at radius 2 is 1.86 bits per heavy atom. The van der Waals surface area contributed by atoms with Crippen LogP contribution in [0.5, 0.6) is 0 Å². The number of carbonyl (C=O) groups is 1. The summed E-state index contributed by atoms with van der Waals surface area (Å²) in [5, 5.41) is 0. The Hall–Kier alpha value is -1.07. The highest BCUT2D eigenvalue weighted by atomic mass is 35.7. The summed E-state index contributed by atoms with van der Waals surface area (Å²) in [7, 11) is 1.48.